The molecule has 7 heteroatoms. The van der Waals surface area contributed by atoms with Crippen LogP contribution in [0.15, 0.2) is 24.3 Å². The third-order valence-corrected chi connectivity index (χ3v) is 4.53. The van der Waals surface area contributed by atoms with E-state index in [0.29, 0.717) is 30.3 Å². The van der Waals surface area contributed by atoms with E-state index in [1.54, 1.807) is 24.3 Å². The first-order valence-corrected chi connectivity index (χ1v) is 9.48. The maximum atomic E-state index is 12.1. The monoisotopic (exact) mass is 342 g/mol. The summed E-state index contributed by atoms with van der Waals surface area (Å²) in [5, 5.41) is 2.85. The topological polar surface area (TPSA) is 75.7 Å². The molecule has 1 amide bonds. The molecule has 0 bridgehead atoms. The normalized spacial score (nSPS) is 12.8. The Labute approximate surface area is 138 Å². The van der Waals surface area contributed by atoms with Crippen LogP contribution in [0.1, 0.15) is 27.2 Å². The van der Waals surface area contributed by atoms with Gasteiger partial charge in [-0.2, -0.15) is 0 Å². The van der Waals surface area contributed by atoms with E-state index in [1.807, 2.05) is 20.8 Å². The fourth-order valence-electron chi connectivity index (χ4n) is 1.83. The molecule has 0 aromatic heterocycles. The summed E-state index contributed by atoms with van der Waals surface area (Å²) in [4.78, 5) is 12.1. The number of ether oxygens (including phenoxy) is 1. The quantitative estimate of drug-likeness (QED) is 0.784. The van der Waals surface area contributed by atoms with Crippen LogP contribution in [0.25, 0.3) is 0 Å². The summed E-state index contributed by atoms with van der Waals surface area (Å²) in [5.41, 5.74) is 0.539. The van der Waals surface area contributed by atoms with E-state index >= 15 is 0 Å². The molecule has 0 heterocycles. The van der Waals surface area contributed by atoms with Gasteiger partial charge in [0.05, 0.1) is 11.9 Å². The maximum absolute atomic E-state index is 12.1. The number of hydrogen-bond donors (Lipinski definition) is 1. The molecule has 6 nitrogen and oxygen atoms in total. The summed E-state index contributed by atoms with van der Waals surface area (Å²) in [5.74, 6) is 0.767. The van der Waals surface area contributed by atoms with Gasteiger partial charge >= 0.3 is 0 Å². The van der Waals surface area contributed by atoms with Crippen LogP contribution in [-0.4, -0.2) is 40.3 Å². The van der Waals surface area contributed by atoms with Gasteiger partial charge in [0, 0.05) is 13.6 Å². The summed E-state index contributed by atoms with van der Waals surface area (Å²) in [6, 6.07) is 6.62. The lowest BCUT2D eigenvalue weighted by atomic mass is 10.2. The molecule has 23 heavy (non-hydrogen) atoms. The Morgan fingerprint density at radius 2 is 1.83 bits per heavy atom. The molecule has 0 saturated heterocycles. The molecular formula is C16H26N2O4S. The van der Waals surface area contributed by atoms with Crippen LogP contribution < -0.4 is 14.4 Å². The highest BCUT2D eigenvalue weighted by Gasteiger charge is 2.18. The zero-order chi connectivity index (χ0) is 17.6. The minimum atomic E-state index is -3.30. The molecule has 1 aromatic carbocycles. The Bertz CT molecular complexity index is 611. The first-order valence-electron chi connectivity index (χ1n) is 7.63. The van der Waals surface area contributed by atoms with Crippen molar-refractivity contribution < 1.29 is 17.9 Å². The number of nitrogens with one attached hydrogen (secondary N) is 1. The zero-order valence-corrected chi connectivity index (χ0v) is 15.2. The zero-order valence-electron chi connectivity index (χ0n) is 14.4. The lowest BCUT2D eigenvalue weighted by Crippen LogP contribution is -2.39. The predicted molar refractivity (Wildman–Crippen MR) is 92.2 cm³/mol. The van der Waals surface area contributed by atoms with Gasteiger partial charge in [0.25, 0.3) is 5.91 Å². The first kappa shape index (κ1) is 19.3. The summed E-state index contributed by atoms with van der Waals surface area (Å²) >= 11 is 0. The van der Waals surface area contributed by atoms with E-state index in [-0.39, 0.29) is 5.91 Å². The molecule has 0 aliphatic rings. The molecular weight excluding hydrogens is 316 g/mol. The fourth-order valence-corrected chi connectivity index (χ4v) is 2.34. The summed E-state index contributed by atoms with van der Waals surface area (Å²) in [7, 11) is -1.81. The van der Waals surface area contributed by atoms with Gasteiger partial charge in [0.2, 0.25) is 10.0 Å². The Morgan fingerprint density at radius 3 is 2.26 bits per heavy atom. The van der Waals surface area contributed by atoms with Gasteiger partial charge in [-0.15, -0.1) is 0 Å². The van der Waals surface area contributed by atoms with Gasteiger partial charge in [0.1, 0.15) is 5.75 Å². The summed E-state index contributed by atoms with van der Waals surface area (Å²) < 4.78 is 29.9. The van der Waals surface area contributed by atoms with Crippen LogP contribution in [0.4, 0.5) is 5.69 Å². The number of rotatable bonds is 8. The molecule has 1 atom stereocenters. The van der Waals surface area contributed by atoms with Crippen LogP contribution in [0.3, 0.4) is 0 Å². The lowest BCUT2D eigenvalue weighted by molar-refractivity contribution is -0.128. The standard InChI is InChI=1S/C16H26N2O4S/c1-6-15(16(19)17-11-12(2)3)22-14-9-7-13(8-10-14)18(4)23(5,20)21/h7-10,12,15H,6,11H2,1-5H3,(H,17,19)/t15-/m0/s1. The largest absolute Gasteiger partial charge is 0.481 e. The Kier molecular flexibility index (Phi) is 6.87. The Hall–Kier alpha value is -1.76. The van der Waals surface area contributed by atoms with Gasteiger partial charge in [-0.05, 0) is 36.6 Å². The highest BCUT2D eigenvalue weighted by atomic mass is 32.2. The second-order valence-corrected chi connectivity index (χ2v) is 7.89. The van der Waals surface area contributed by atoms with E-state index < -0.39 is 16.1 Å². The van der Waals surface area contributed by atoms with Crippen molar-refractivity contribution in [3.8, 4) is 5.75 Å². The smallest absolute Gasteiger partial charge is 0.261 e. The predicted octanol–water partition coefficient (Wildman–Crippen LogP) is 2.01. The van der Waals surface area contributed by atoms with Gasteiger partial charge in [-0.1, -0.05) is 20.8 Å². The second-order valence-electron chi connectivity index (χ2n) is 5.88. The number of sulfonamides is 1. The van der Waals surface area contributed by atoms with Gasteiger partial charge in [-0.25, -0.2) is 8.42 Å². The number of carbonyl (C=O) groups is 1. The number of amides is 1. The van der Waals surface area contributed by atoms with Crippen molar-refractivity contribution in [1.29, 1.82) is 0 Å². The average molecular weight is 342 g/mol. The van der Waals surface area contributed by atoms with Crippen LogP contribution in [0.2, 0.25) is 0 Å². The Morgan fingerprint density at radius 1 is 1.26 bits per heavy atom. The number of benzene rings is 1. The molecule has 0 aliphatic carbocycles. The molecule has 130 valence electrons. The van der Waals surface area contributed by atoms with Crippen LogP contribution >= 0.6 is 0 Å². The minimum Gasteiger partial charge on any atom is -0.481 e. The third-order valence-electron chi connectivity index (χ3n) is 3.32. The van der Waals surface area contributed by atoms with E-state index in [9.17, 15) is 13.2 Å². The molecule has 0 spiro atoms. The molecule has 0 aliphatic heterocycles. The number of hydrogen-bond acceptors (Lipinski definition) is 4. The lowest BCUT2D eigenvalue weighted by Gasteiger charge is -2.20. The molecule has 0 saturated carbocycles. The summed E-state index contributed by atoms with van der Waals surface area (Å²) in [6.45, 7) is 6.54. The van der Waals surface area contributed by atoms with Crippen LogP contribution in [0, 0.1) is 5.92 Å². The second kappa shape index (κ2) is 8.19. The molecule has 0 fully saturated rings. The molecule has 1 N–H and O–H groups in total. The third kappa shape index (κ3) is 6.09. The van der Waals surface area contributed by atoms with E-state index in [0.717, 1.165) is 6.26 Å². The maximum Gasteiger partial charge on any atom is 0.261 e. The van der Waals surface area contributed by atoms with Gasteiger partial charge < -0.3 is 10.1 Å². The SMILES string of the molecule is CC[C@H](Oc1ccc(N(C)S(C)(=O)=O)cc1)C(=O)NCC(C)C. The van der Waals surface area contributed by atoms with Crippen molar-refractivity contribution in [3.05, 3.63) is 24.3 Å². The van der Waals surface area contributed by atoms with Gasteiger partial charge in [0.15, 0.2) is 6.10 Å². The fraction of sp³-hybridized carbons (Fsp3) is 0.562. The van der Waals surface area contributed by atoms with Crippen molar-refractivity contribution in [2.24, 2.45) is 5.92 Å². The minimum absolute atomic E-state index is 0.140. The number of nitrogens with zero attached hydrogens (tertiary/aromatic N) is 1. The molecule has 1 rings (SSSR count). The van der Waals surface area contributed by atoms with E-state index in [2.05, 4.69) is 5.32 Å². The number of anilines is 1. The van der Waals surface area contributed by atoms with Crippen molar-refractivity contribution in [2.45, 2.75) is 33.3 Å². The van der Waals surface area contributed by atoms with Crippen molar-refractivity contribution >= 4 is 21.6 Å². The molecule has 1 aromatic rings. The van der Waals surface area contributed by atoms with Crippen molar-refractivity contribution in [3.63, 3.8) is 0 Å². The average Bonchev–Trinajstić information content (AvgIpc) is 2.49. The van der Waals surface area contributed by atoms with Crippen molar-refractivity contribution in [1.82, 2.24) is 5.32 Å². The summed E-state index contributed by atoms with van der Waals surface area (Å²) in [6.07, 6.45) is 1.13. The Balaban J connectivity index is 2.74. The van der Waals surface area contributed by atoms with Crippen molar-refractivity contribution in [2.75, 3.05) is 24.2 Å². The first-order chi connectivity index (χ1) is 10.6. The number of carbonyl (C=O) groups excluding carboxylic acids is 1. The van der Waals surface area contributed by atoms with Gasteiger partial charge in [-0.3, -0.25) is 9.10 Å². The highest BCUT2D eigenvalue weighted by Crippen LogP contribution is 2.21. The highest BCUT2D eigenvalue weighted by molar-refractivity contribution is 7.92. The van der Waals surface area contributed by atoms with Crippen LogP contribution in [-0.2, 0) is 14.8 Å². The molecule has 0 unspecified atom stereocenters. The van der Waals surface area contributed by atoms with Crippen LogP contribution in [0.5, 0.6) is 5.75 Å². The molecule has 0 radical (unpaired) electrons. The van der Waals surface area contributed by atoms with E-state index in [4.69, 9.17) is 4.74 Å². The van der Waals surface area contributed by atoms with E-state index in [1.165, 1.54) is 11.4 Å².